The van der Waals surface area contributed by atoms with Crippen LogP contribution in [0.5, 0.6) is 0 Å². The average Bonchev–Trinajstić information content (AvgIpc) is 2.40. The number of likely N-dealkylation sites (tertiary alicyclic amines) is 1. The monoisotopic (exact) mass is 280 g/mol. The summed E-state index contributed by atoms with van der Waals surface area (Å²) < 4.78 is 0. The number of carbonyl (C=O) groups excluding carboxylic acids is 1. The van der Waals surface area contributed by atoms with E-state index in [0.29, 0.717) is 22.7 Å². The van der Waals surface area contributed by atoms with Gasteiger partial charge in [0.15, 0.2) is 0 Å². The van der Waals surface area contributed by atoms with Crippen LogP contribution in [0.25, 0.3) is 0 Å². The number of carbonyl (C=O) groups is 1. The molecule has 0 N–H and O–H groups in total. The van der Waals surface area contributed by atoms with Crippen LogP contribution in [-0.2, 0) is 0 Å². The molecule has 2 atom stereocenters. The van der Waals surface area contributed by atoms with E-state index in [1.54, 1.807) is 18.3 Å². The molecule has 0 radical (unpaired) electrons. The summed E-state index contributed by atoms with van der Waals surface area (Å²) in [5, 5.41) is 0.378. The van der Waals surface area contributed by atoms with Crippen molar-refractivity contribution in [2.75, 3.05) is 6.54 Å². The summed E-state index contributed by atoms with van der Waals surface area (Å²) in [4.78, 5) is 18.6. The molecule has 0 aliphatic carbocycles. The van der Waals surface area contributed by atoms with E-state index in [1.807, 2.05) is 4.90 Å². The molecule has 4 heteroatoms. The average molecular weight is 281 g/mol. The number of hydrogen-bond donors (Lipinski definition) is 0. The van der Waals surface area contributed by atoms with E-state index in [2.05, 4.69) is 18.8 Å². The maximum absolute atomic E-state index is 12.6. The van der Waals surface area contributed by atoms with Gasteiger partial charge in [-0.15, -0.1) is 0 Å². The molecule has 0 saturated carbocycles. The number of hydrogen-bond acceptors (Lipinski definition) is 2. The predicted octanol–water partition coefficient (Wildman–Crippen LogP) is 3.78. The maximum atomic E-state index is 12.6. The Balaban J connectivity index is 2.20. The van der Waals surface area contributed by atoms with Crippen LogP contribution in [-0.4, -0.2) is 28.4 Å². The first kappa shape index (κ1) is 14.3. The van der Waals surface area contributed by atoms with Crippen LogP contribution in [0, 0.1) is 5.92 Å². The van der Waals surface area contributed by atoms with E-state index in [9.17, 15) is 4.79 Å². The number of rotatable bonds is 3. The summed E-state index contributed by atoms with van der Waals surface area (Å²) in [5.41, 5.74) is 0.648. The first-order valence-electron chi connectivity index (χ1n) is 7.06. The minimum Gasteiger partial charge on any atom is -0.335 e. The summed E-state index contributed by atoms with van der Waals surface area (Å²) in [6.07, 6.45) is 6.08. The number of nitrogens with zero attached hydrogens (tertiary/aromatic N) is 2. The third kappa shape index (κ3) is 3.27. The lowest BCUT2D eigenvalue weighted by atomic mass is 9.87. The van der Waals surface area contributed by atoms with Crippen molar-refractivity contribution in [1.29, 1.82) is 0 Å². The SMILES string of the molecule is CCC[C@H]1[C@H](C)CCCN1C(=O)c1ccnc(Cl)c1. The van der Waals surface area contributed by atoms with Gasteiger partial charge in [-0.05, 0) is 37.3 Å². The van der Waals surface area contributed by atoms with Gasteiger partial charge >= 0.3 is 0 Å². The lowest BCUT2D eigenvalue weighted by Gasteiger charge is -2.40. The van der Waals surface area contributed by atoms with Gasteiger partial charge in [-0.3, -0.25) is 4.79 Å². The fraction of sp³-hybridized carbons (Fsp3) is 0.600. The van der Waals surface area contributed by atoms with Crippen LogP contribution in [0.2, 0.25) is 5.15 Å². The number of aromatic nitrogens is 1. The Hall–Kier alpha value is -1.09. The summed E-state index contributed by atoms with van der Waals surface area (Å²) in [7, 11) is 0. The van der Waals surface area contributed by atoms with Gasteiger partial charge in [-0.2, -0.15) is 0 Å². The molecule has 1 aliphatic rings. The van der Waals surface area contributed by atoms with Crippen LogP contribution in [0.15, 0.2) is 18.3 Å². The zero-order valence-corrected chi connectivity index (χ0v) is 12.4. The van der Waals surface area contributed by atoms with Gasteiger partial charge in [-0.1, -0.05) is 31.9 Å². The molecule has 1 aromatic rings. The van der Waals surface area contributed by atoms with Gasteiger partial charge < -0.3 is 4.90 Å². The fourth-order valence-electron chi connectivity index (χ4n) is 2.94. The smallest absolute Gasteiger partial charge is 0.254 e. The van der Waals surface area contributed by atoms with Crippen LogP contribution >= 0.6 is 11.6 Å². The molecule has 19 heavy (non-hydrogen) atoms. The van der Waals surface area contributed by atoms with Crippen molar-refractivity contribution in [2.24, 2.45) is 5.92 Å². The third-order valence-electron chi connectivity index (χ3n) is 3.93. The van der Waals surface area contributed by atoms with Crippen LogP contribution in [0.3, 0.4) is 0 Å². The highest BCUT2D eigenvalue weighted by molar-refractivity contribution is 6.29. The minimum absolute atomic E-state index is 0.0919. The fourth-order valence-corrected chi connectivity index (χ4v) is 3.11. The molecule has 0 aromatic carbocycles. The Kier molecular flexibility index (Phi) is 4.81. The molecule has 0 unspecified atom stereocenters. The molecule has 1 amide bonds. The second-order valence-electron chi connectivity index (χ2n) is 5.34. The van der Waals surface area contributed by atoms with Crippen molar-refractivity contribution in [3.05, 3.63) is 29.0 Å². The van der Waals surface area contributed by atoms with E-state index in [-0.39, 0.29) is 5.91 Å². The van der Waals surface area contributed by atoms with E-state index in [4.69, 9.17) is 11.6 Å². The quantitative estimate of drug-likeness (QED) is 0.790. The van der Waals surface area contributed by atoms with Gasteiger partial charge in [0.1, 0.15) is 5.15 Å². The second kappa shape index (κ2) is 6.38. The molecule has 2 heterocycles. The first-order valence-corrected chi connectivity index (χ1v) is 7.43. The van der Waals surface area contributed by atoms with E-state index < -0.39 is 0 Å². The normalized spacial score (nSPS) is 23.4. The van der Waals surface area contributed by atoms with E-state index in [0.717, 1.165) is 25.8 Å². The van der Waals surface area contributed by atoms with Gasteiger partial charge in [0.2, 0.25) is 0 Å². The second-order valence-corrected chi connectivity index (χ2v) is 5.73. The number of piperidine rings is 1. The zero-order chi connectivity index (χ0) is 13.8. The van der Waals surface area contributed by atoms with Gasteiger partial charge in [0.25, 0.3) is 5.91 Å². The van der Waals surface area contributed by atoms with Gasteiger partial charge in [0.05, 0.1) is 0 Å². The van der Waals surface area contributed by atoms with Crippen LogP contribution in [0.4, 0.5) is 0 Å². The van der Waals surface area contributed by atoms with Crippen LogP contribution < -0.4 is 0 Å². The largest absolute Gasteiger partial charge is 0.335 e. The van der Waals surface area contributed by atoms with Crippen LogP contribution in [0.1, 0.15) is 49.9 Å². The van der Waals surface area contributed by atoms with Gasteiger partial charge in [0, 0.05) is 24.3 Å². The summed E-state index contributed by atoms with van der Waals surface area (Å²) in [6, 6.07) is 3.76. The van der Waals surface area contributed by atoms with Crippen molar-refractivity contribution in [3.63, 3.8) is 0 Å². The Morgan fingerprint density at radius 1 is 1.58 bits per heavy atom. The standard InChI is InChI=1S/C15H21ClN2O/c1-3-5-13-11(2)6-4-9-18(13)15(19)12-7-8-17-14(16)10-12/h7-8,10-11,13H,3-6,9H2,1-2H3/t11-,13+/m1/s1. The third-order valence-corrected chi connectivity index (χ3v) is 4.14. The summed E-state index contributed by atoms with van der Waals surface area (Å²) in [5.74, 6) is 0.671. The summed E-state index contributed by atoms with van der Waals surface area (Å²) >= 11 is 5.87. The molecule has 0 spiro atoms. The highest BCUT2D eigenvalue weighted by Gasteiger charge is 2.31. The first-order chi connectivity index (χ1) is 9.13. The number of halogens is 1. The Morgan fingerprint density at radius 3 is 3.05 bits per heavy atom. The molecule has 1 aromatic heterocycles. The molecular formula is C15H21ClN2O. The van der Waals surface area contributed by atoms with Crippen molar-refractivity contribution in [2.45, 2.75) is 45.6 Å². The zero-order valence-electron chi connectivity index (χ0n) is 11.6. The number of amides is 1. The molecule has 0 bridgehead atoms. The Labute approximate surface area is 120 Å². The van der Waals surface area contributed by atoms with E-state index in [1.165, 1.54) is 6.42 Å². The van der Waals surface area contributed by atoms with E-state index >= 15 is 0 Å². The Morgan fingerprint density at radius 2 is 2.37 bits per heavy atom. The highest BCUT2D eigenvalue weighted by atomic mass is 35.5. The lowest BCUT2D eigenvalue weighted by Crippen LogP contribution is -2.47. The molecule has 3 nitrogen and oxygen atoms in total. The molecular weight excluding hydrogens is 260 g/mol. The van der Waals surface area contributed by atoms with Crippen molar-refractivity contribution >= 4 is 17.5 Å². The molecule has 1 saturated heterocycles. The summed E-state index contributed by atoms with van der Waals surface area (Å²) in [6.45, 7) is 5.28. The molecule has 1 fully saturated rings. The highest BCUT2D eigenvalue weighted by Crippen LogP contribution is 2.28. The van der Waals surface area contributed by atoms with Crippen molar-refractivity contribution < 1.29 is 4.79 Å². The predicted molar refractivity (Wildman–Crippen MR) is 77.4 cm³/mol. The minimum atomic E-state index is 0.0919. The maximum Gasteiger partial charge on any atom is 0.254 e. The number of pyridine rings is 1. The Bertz CT molecular complexity index is 450. The van der Waals surface area contributed by atoms with Crippen molar-refractivity contribution in [1.82, 2.24) is 9.88 Å². The molecule has 1 aliphatic heterocycles. The van der Waals surface area contributed by atoms with Gasteiger partial charge in [-0.25, -0.2) is 4.98 Å². The topological polar surface area (TPSA) is 33.2 Å². The lowest BCUT2D eigenvalue weighted by molar-refractivity contribution is 0.0497. The molecule has 2 rings (SSSR count). The van der Waals surface area contributed by atoms with Crippen molar-refractivity contribution in [3.8, 4) is 0 Å². The molecule has 104 valence electrons.